The summed E-state index contributed by atoms with van der Waals surface area (Å²) in [6, 6.07) is 5.99. The first-order chi connectivity index (χ1) is 8.29. The molecule has 0 saturated heterocycles. The van der Waals surface area contributed by atoms with Crippen molar-refractivity contribution in [3.8, 4) is 11.5 Å². The van der Waals surface area contributed by atoms with E-state index in [0.29, 0.717) is 12.7 Å². The molecular formula is C13H19NO3. The van der Waals surface area contributed by atoms with Gasteiger partial charge in [-0.05, 0) is 36.6 Å². The van der Waals surface area contributed by atoms with E-state index < -0.39 is 0 Å². The molecule has 0 fully saturated rings. The number of rotatable bonds is 6. The molecule has 4 heteroatoms. The molecule has 1 aliphatic heterocycles. The summed E-state index contributed by atoms with van der Waals surface area (Å²) in [6.45, 7) is 4.43. The molecular weight excluding hydrogens is 218 g/mol. The van der Waals surface area contributed by atoms with Crippen molar-refractivity contribution in [2.45, 2.75) is 19.9 Å². The van der Waals surface area contributed by atoms with Crippen molar-refractivity contribution in [1.82, 2.24) is 5.32 Å². The van der Waals surface area contributed by atoms with Crippen molar-refractivity contribution in [3.63, 3.8) is 0 Å². The summed E-state index contributed by atoms with van der Waals surface area (Å²) >= 11 is 0. The zero-order chi connectivity index (χ0) is 12.1. The fraction of sp³-hybridized carbons (Fsp3) is 0.538. The molecule has 0 radical (unpaired) electrons. The summed E-state index contributed by atoms with van der Waals surface area (Å²) in [6.07, 6.45) is 0.841. The maximum absolute atomic E-state index is 8.80. The second kappa shape index (κ2) is 5.89. The standard InChI is InChI=1S/C13H19NO3/c1-10(4-5-15)7-14-8-11-2-3-12-13(6-11)17-9-16-12/h2-3,6,10,14-15H,4-5,7-9H2,1H3. The van der Waals surface area contributed by atoms with Gasteiger partial charge in [-0.25, -0.2) is 0 Å². The van der Waals surface area contributed by atoms with Crippen LogP contribution in [-0.4, -0.2) is 25.1 Å². The third kappa shape index (κ3) is 3.35. The molecule has 1 aromatic rings. The molecule has 1 atom stereocenters. The Morgan fingerprint density at radius 3 is 3.00 bits per heavy atom. The number of nitrogens with one attached hydrogen (secondary N) is 1. The second-order valence-electron chi connectivity index (χ2n) is 4.44. The average Bonchev–Trinajstić information content (AvgIpc) is 2.76. The molecule has 2 rings (SSSR count). The Morgan fingerprint density at radius 1 is 1.35 bits per heavy atom. The number of benzene rings is 1. The molecule has 0 saturated carbocycles. The van der Waals surface area contributed by atoms with Crippen molar-refractivity contribution in [3.05, 3.63) is 23.8 Å². The molecule has 1 aliphatic rings. The molecule has 2 N–H and O–H groups in total. The fourth-order valence-electron chi connectivity index (χ4n) is 1.84. The monoisotopic (exact) mass is 237 g/mol. The van der Waals surface area contributed by atoms with Crippen LogP contribution in [0.5, 0.6) is 11.5 Å². The Bertz CT molecular complexity index is 368. The predicted molar refractivity (Wildman–Crippen MR) is 65.1 cm³/mol. The lowest BCUT2D eigenvalue weighted by atomic mass is 10.1. The first-order valence-electron chi connectivity index (χ1n) is 5.99. The van der Waals surface area contributed by atoms with Gasteiger partial charge in [-0.2, -0.15) is 0 Å². The van der Waals surface area contributed by atoms with Crippen molar-refractivity contribution >= 4 is 0 Å². The molecule has 0 bridgehead atoms. The van der Waals surface area contributed by atoms with Gasteiger partial charge in [0.15, 0.2) is 11.5 Å². The fourth-order valence-corrected chi connectivity index (χ4v) is 1.84. The molecule has 0 aromatic heterocycles. The zero-order valence-corrected chi connectivity index (χ0v) is 10.1. The summed E-state index contributed by atoms with van der Waals surface area (Å²) in [5.41, 5.74) is 1.19. The van der Waals surface area contributed by atoms with Crippen LogP contribution in [0, 0.1) is 5.92 Å². The lowest BCUT2D eigenvalue weighted by Crippen LogP contribution is -2.21. The van der Waals surface area contributed by atoms with Crippen LogP contribution in [0.25, 0.3) is 0 Å². The highest BCUT2D eigenvalue weighted by Gasteiger charge is 2.12. The summed E-state index contributed by atoms with van der Waals surface area (Å²) < 4.78 is 10.6. The number of hydrogen-bond donors (Lipinski definition) is 2. The van der Waals surface area contributed by atoms with Crippen LogP contribution in [0.15, 0.2) is 18.2 Å². The van der Waals surface area contributed by atoms with Gasteiger partial charge in [0.05, 0.1) is 0 Å². The third-order valence-electron chi connectivity index (χ3n) is 2.88. The molecule has 0 amide bonds. The average molecular weight is 237 g/mol. The van der Waals surface area contributed by atoms with Gasteiger partial charge < -0.3 is 19.9 Å². The lowest BCUT2D eigenvalue weighted by molar-refractivity contribution is 0.174. The van der Waals surface area contributed by atoms with Gasteiger partial charge in [0.2, 0.25) is 6.79 Å². The molecule has 17 heavy (non-hydrogen) atoms. The number of ether oxygens (including phenoxy) is 2. The van der Waals surface area contributed by atoms with E-state index in [1.54, 1.807) is 0 Å². The van der Waals surface area contributed by atoms with Crippen LogP contribution in [0.1, 0.15) is 18.9 Å². The molecule has 1 heterocycles. The van der Waals surface area contributed by atoms with E-state index in [0.717, 1.165) is 31.0 Å². The molecule has 0 aliphatic carbocycles. The van der Waals surface area contributed by atoms with E-state index in [1.807, 2.05) is 18.2 Å². The van der Waals surface area contributed by atoms with Crippen molar-refractivity contribution < 1.29 is 14.6 Å². The SMILES string of the molecule is CC(CCO)CNCc1ccc2c(c1)OCO2. The van der Waals surface area contributed by atoms with Crippen LogP contribution in [-0.2, 0) is 6.54 Å². The summed E-state index contributed by atoms with van der Waals surface area (Å²) in [7, 11) is 0. The van der Waals surface area contributed by atoms with Gasteiger partial charge in [0.25, 0.3) is 0 Å². The van der Waals surface area contributed by atoms with Gasteiger partial charge in [-0.3, -0.25) is 0 Å². The van der Waals surface area contributed by atoms with E-state index in [-0.39, 0.29) is 6.61 Å². The summed E-state index contributed by atoms with van der Waals surface area (Å²) in [5, 5.41) is 12.2. The molecule has 94 valence electrons. The van der Waals surface area contributed by atoms with Crippen LogP contribution < -0.4 is 14.8 Å². The Hall–Kier alpha value is -1.26. The highest BCUT2D eigenvalue weighted by Crippen LogP contribution is 2.32. The van der Waals surface area contributed by atoms with Crippen LogP contribution in [0.3, 0.4) is 0 Å². The van der Waals surface area contributed by atoms with Gasteiger partial charge in [0, 0.05) is 13.2 Å². The number of hydrogen-bond acceptors (Lipinski definition) is 4. The molecule has 4 nitrogen and oxygen atoms in total. The normalized spacial score (nSPS) is 14.9. The predicted octanol–water partition coefficient (Wildman–Crippen LogP) is 1.52. The lowest BCUT2D eigenvalue weighted by Gasteiger charge is -2.11. The number of aliphatic hydroxyl groups excluding tert-OH is 1. The van der Waals surface area contributed by atoms with Gasteiger partial charge >= 0.3 is 0 Å². The Kier molecular flexibility index (Phi) is 4.23. The third-order valence-corrected chi connectivity index (χ3v) is 2.88. The van der Waals surface area contributed by atoms with Crippen molar-refractivity contribution in [1.29, 1.82) is 0 Å². The highest BCUT2D eigenvalue weighted by molar-refractivity contribution is 5.44. The Morgan fingerprint density at radius 2 is 2.18 bits per heavy atom. The zero-order valence-electron chi connectivity index (χ0n) is 10.1. The maximum atomic E-state index is 8.80. The molecule has 1 aromatic carbocycles. The topological polar surface area (TPSA) is 50.7 Å². The van der Waals surface area contributed by atoms with Gasteiger partial charge in [-0.15, -0.1) is 0 Å². The van der Waals surface area contributed by atoms with Crippen LogP contribution >= 0.6 is 0 Å². The van der Waals surface area contributed by atoms with E-state index >= 15 is 0 Å². The van der Waals surface area contributed by atoms with Crippen LogP contribution in [0.2, 0.25) is 0 Å². The second-order valence-corrected chi connectivity index (χ2v) is 4.44. The minimum atomic E-state index is 0.257. The first-order valence-corrected chi connectivity index (χ1v) is 5.99. The highest BCUT2D eigenvalue weighted by atomic mass is 16.7. The summed E-state index contributed by atoms with van der Waals surface area (Å²) in [5.74, 6) is 2.14. The van der Waals surface area contributed by atoms with E-state index in [9.17, 15) is 0 Å². The summed E-state index contributed by atoms with van der Waals surface area (Å²) in [4.78, 5) is 0. The van der Waals surface area contributed by atoms with Crippen molar-refractivity contribution in [2.24, 2.45) is 5.92 Å². The first kappa shape index (κ1) is 12.2. The largest absolute Gasteiger partial charge is 0.454 e. The minimum absolute atomic E-state index is 0.257. The number of fused-ring (bicyclic) bond motifs is 1. The minimum Gasteiger partial charge on any atom is -0.454 e. The van der Waals surface area contributed by atoms with Crippen molar-refractivity contribution in [2.75, 3.05) is 19.9 Å². The number of aliphatic hydroxyl groups is 1. The molecule has 1 unspecified atom stereocenters. The van der Waals surface area contributed by atoms with E-state index in [1.165, 1.54) is 5.56 Å². The maximum Gasteiger partial charge on any atom is 0.231 e. The molecule has 0 spiro atoms. The Labute approximate surface area is 102 Å². The Balaban J connectivity index is 1.79. The van der Waals surface area contributed by atoms with Crippen LogP contribution in [0.4, 0.5) is 0 Å². The van der Waals surface area contributed by atoms with E-state index in [2.05, 4.69) is 12.2 Å². The van der Waals surface area contributed by atoms with E-state index in [4.69, 9.17) is 14.6 Å². The smallest absolute Gasteiger partial charge is 0.231 e. The van der Waals surface area contributed by atoms with Gasteiger partial charge in [-0.1, -0.05) is 13.0 Å². The quantitative estimate of drug-likeness (QED) is 0.787. The van der Waals surface area contributed by atoms with Gasteiger partial charge in [0.1, 0.15) is 0 Å².